The minimum Gasteiger partial charge on any atom is -0.508 e. The maximum absolute atomic E-state index is 13.9. The molecule has 2 aliphatic carbocycles. The Kier molecular flexibility index (Phi) is 12.6. The molecule has 4 aromatic carbocycles. The fourth-order valence-corrected chi connectivity index (χ4v) is 8.86. The van der Waals surface area contributed by atoms with Gasteiger partial charge in [-0.05, 0) is 98.5 Å². The first-order chi connectivity index (χ1) is 31.6. The molecular weight excluding hydrogens is 887 g/mol. The van der Waals surface area contributed by atoms with Crippen molar-refractivity contribution < 1.29 is 43.6 Å². The van der Waals surface area contributed by atoms with Crippen molar-refractivity contribution in [2.75, 3.05) is 25.0 Å². The van der Waals surface area contributed by atoms with E-state index in [1.54, 1.807) is 30.3 Å². The monoisotopic (exact) mass is 928 g/mol. The van der Waals surface area contributed by atoms with Gasteiger partial charge in [0, 0.05) is 93.7 Å². The van der Waals surface area contributed by atoms with E-state index in [1.165, 1.54) is 30.3 Å². The summed E-state index contributed by atoms with van der Waals surface area (Å²) in [6, 6.07) is 22.0. The third-order valence-electron chi connectivity index (χ3n) is 11.2. The number of aryl methyl sites for hydroxylation is 2. The first-order valence-electron chi connectivity index (χ1n) is 20.8. The molecule has 0 fully saturated rings. The fourth-order valence-electron chi connectivity index (χ4n) is 8.25. The summed E-state index contributed by atoms with van der Waals surface area (Å²) in [6.45, 7) is 8.18. The molecule has 0 radical (unpaired) electrons. The van der Waals surface area contributed by atoms with Gasteiger partial charge in [-0.25, -0.2) is 4.79 Å². The lowest BCUT2D eigenvalue weighted by Gasteiger charge is -2.21. The van der Waals surface area contributed by atoms with Crippen LogP contribution in [0.1, 0.15) is 63.1 Å². The second kappa shape index (κ2) is 18.3. The number of carbonyl (C=O) groups is 3. The molecular formula is C50H42Cl2N4O10. The molecule has 336 valence electrons. The molecule has 4 aromatic rings. The van der Waals surface area contributed by atoms with Gasteiger partial charge in [0.15, 0.2) is 11.7 Å². The molecule has 7 N–H and O–H groups in total. The van der Waals surface area contributed by atoms with Crippen LogP contribution in [0.2, 0.25) is 10.0 Å². The zero-order valence-corrected chi connectivity index (χ0v) is 37.4. The van der Waals surface area contributed by atoms with Crippen LogP contribution in [0.4, 0.5) is 5.69 Å². The van der Waals surface area contributed by atoms with Gasteiger partial charge < -0.3 is 45.2 Å². The van der Waals surface area contributed by atoms with E-state index in [0.29, 0.717) is 73.9 Å². The number of carbonyl (C=O) groups excluding carboxylic acids is 2. The number of nitrogens with one attached hydrogen (secondary N) is 3. The van der Waals surface area contributed by atoms with E-state index in [-0.39, 0.29) is 61.4 Å². The number of carboxylic acids is 1. The number of phenols is 1. The van der Waals surface area contributed by atoms with Gasteiger partial charge >= 0.3 is 5.97 Å². The number of halogens is 2. The Morgan fingerprint density at radius 3 is 2.20 bits per heavy atom. The van der Waals surface area contributed by atoms with E-state index in [4.69, 9.17) is 32.0 Å². The van der Waals surface area contributed by atoms with Crippen LogP contribution in [0.5, 0.6) is 5.75 Å². The predicted octanol–water partition coefficient (Wildman–Crippen LogP) is 8.79. The Morgan fingerprint density at radius 1 is 0.758 bits per heavy atom. The molecule has 0 unspecified atom stereocenters. The lowest BCUT2D eigenvalue weighted by atomic mass is 9.88. The van der Waals surface area contributed by atoms with Crippen molar-refractivity contribution >= 4 is 68.6 Å². The molecule has 2 heterocycles. The van der Waals surface area contributed by atoms with Crippen molar-refractivity contribution in [3.8, 4) is 50.7 Å². The second-order valence-corrected chi connectivity index (χ2v) is 16.4. The number of nitrogens with zero attached hydrogens (tertiary/aromatic N) is 1. The molecule has 0 saturated carbocycles. The first kappa shape index (κ1) is 45.3. The number of aliphatic hydroxyl groups is 2. The van der Waals surface area contributed by atoms with E-state index >= 15 is 0 Å². The topological polar surface area (TPSA) is 224 Å². The molecule has 0 aromatic heterocycles. The first-order valence-corrected chi connectivity index (χ1v) is 21.6. The maximum atomic E-state index is 13.9. The number of hydrogen-bond donors (Lipinski definition) is 7. The van der Waals surface area contributed by atoms with Crippen LogP contribution >= 0.6 is 23.2 Å². The number of aromatic hydroxyl groups is 1. The third-order valence-corrected chi connectivity index (χ3v) is 11.9. The van der Waals surface area contributed by atoms with Crippen LogP contribution in [0.25, 0.3) is 66.8 Å². The standard InChI is InChI=1S/C50H42Cl2N4O10/c1-5-53-36-19-40-32(13-23(36)3)44(33-14-24(4)37(54-6-2)20-41(33)66-40)46-45(50(63)64)35(51)18-34(47(46)52)48(60)56-22-42(59)55-21-25-7-10-28(31(15-25)49(61)62)43-29-11-8-26(57)16-38(29)65-39-17-27(58)9-12-30(39)43/h7-20,49,53,57,61-62H,5-6,21-22H2,1-4H3,(H,55,59)(H,56,60)(H,63,64). The highest BCUT2D eigenvalue weighted by atomic mass is 35.5. The number of rotatable bonds is 12. The van der Waals surface area contributed by atoms with Crippen molar-refractivity contribution in [1.29, 1.82) is 0 Å². The number of aliphatic hydroxyl groups excluding tert-OH is 1. The van der Waals surface area contributed by atoms with Gasteiger partial charge in [0.1, 0.15) is 28.4 Å². The summed E-state index contributed by atoms with van der Waals surface area (Å²) in [5.41, 5.74) is 5.14. The molecule has 0 atom stereocenters. The Labute approximate surface area is 386 Å². The van der Waals surface area contributed by atoms with E-state index < -0.39 is 30.6 Å². The summed E-state index contributed by atoms with van der Waals surface area (Å²) in [4.78, 5) is 57.0. The summed E-state index contributed by atoms with van der Waals surface area (Å²) < 4.78 is 12.4. The minimum atomic E-state index is -1.96. The Morgan fingerprint density at radius 2 is 1.48 bits per heavy atom. The molecule has 8 rings (SSSR count). The molecule has 4 aliphatic rings. The van der Waals surface area contributed by atoms with Gasteiger partial charge in [-0.15, -0.1) is 0 Å². The summed E-state index contributed by atoms with van der Waals surface area (Å²) in [5, 5.41) is 51.7. The zero-order valence-electron chi connectivity index (χ0n) is 35.9. The smallest absolute Gasteiger partial charge is 0.337 e. The fraction of sp³-hybridized carbons (Fsp3) is 0.180. The molecule has 16 heteroatoms. The zero-order chi connectivity index (χ0) is 47.1. The highest BCUT2D eigenvalue weighted by molar-refractivity contribution is 6.41. The normalized spacial score (nSPS) is 11.9. The summed E-state index contributed by atoms with van der Waals surface area (Å²) >= 11 is 13.8. The lowest BCUT2D eigenvalue weighted by molar-refractivity contribution is -0.120. The van der Waals surface area contributed by atoms with Gasteiger partial charge in [0.25, 0.3) is 5.91 Å². The summed E-state index contributed by atoms with van der Waals surface area (Å²) in [5.74, 6) is -2.26. The van der Waals surface area contributed by atoms with E-state index in [1.807, 2.05) is 45.9 Å². The number of fused-ring (bicyclic) bond motifs is 4. The van der Waals surface area contributed by atoms with Gasteiger partial charge in [0.2, 0.25) is 5.91 Å². The molecule has 2 aliphatic heterocycles. The van der Waals surface area contributed by atoms with Crippen LogP contribution in [0.15, 0.2) is 104 Å². The van der Waals surface area contributed by atoms with Crippen LogP contribution in [-0.2, 0) is 11.3 Å². The highest BCUT2D eigenvalue weighted by Crippen LogP contribution is 2.48. The van der Waals surface area contributed by atoms with E-state index in [9.17, 15) is 39.6 Å². The molecule has 0 spiro atoms. The van der Waals surface area contributed by atoms with Crippen LogP contribution in [-0.4, -0.2) is 57.8 Å². The van der Waals surface area contributed by atoms with E-state index in [0.717, 1.165) is 22.9 Å². The molecule has 0 saturated heterocycles. The minimum absolute atomic E-state index is 0.0169. The number of benzene rings is 6. The molecule has 2 amide bonds. The Balaban J connectivity index is 1.10. The number of phenolic OH excluding ortho intramolecular Hbond substituents is 1. The van der Waals surface area contributed by atoms with Crippen molar-refractivity contribution in [3.63, 3.8) is 0 Å². The molecule has 66 heavy (non-hydrogen) atoms. The lowest BCUT2D eigenvalue weighted by Crippen LogP contribution is -2.36. The maximum Gasteiger partial charge on any atom is 0.337 e. The van der Waals surface area contributed by atoms with Gasteiger partial charge in [-0.3, -0.25) is 19.4 Å². The summed E-state index contributed by atoms with van der Waals surface area (Å²) in [7, 11) is 0. The summed E-state index contributed by atoms with van der Waals surface area (Å²) in [6.07, 6.45) is -1.96. The van der Waals surface area contributed by atoms with Gasteiger partial charge in [-0.2, -0.15) is 0 Å². The van der Waals surface area contributed by atoms with Crippen molar-refractivity contribution in [3.05, 3.63) is 144 Å². The van der Waals surface area contributed by atoms with Crippen LogP contribution in [0.3, 0.4) is 0 Å². The average molecular weight is 930 g/mol. The molecule has 0 bridgehead atoms. The van der Waals surface area contributed by atoms with E-state index in [2.05, 4.69) is 20.9 Å². The number of carboxylic acid groups (broad SMARTS) is 1. The highest BCUT2D eigenvalue weighted by Gasteiger charge is 2.30. The SMILES string of the molecule is CCN=c1cc2oc3cc(NCC)c(C)cc3c(-c3c(Cl)c(C(=O)NCC(=O)NCc4ccc(-c5c6ccc(=O)cc-6oc6cc(O)ccc56)c(C(O)O)c4)cc(Cl)c3C(=O)O)c-2cc1C. The predicted molar refractivity (Wildman–Crippen MR) is 253 cm³/mol. The Bertz CT molecular complexity index is 3360. The van der Waals surface area contributed by atoms with Gasteiger partial charge in [0.05, 0.1) is 33.1 Å². The van der Waals surface area contributed by atoms with Crippen molar-refractivity contribution in [2.45, 2.75) is 40.5 Å². The Hall–Kier alpha value is -7.23. The number of hydrogen-bond acceptors (Lipinski definition) is 11. The van der Waals surface area contributed by atoms with Crippen LogP contribution < -0.4 is 26.7 Å². The third kappa shape index (κ3) is 8.54. The number of amides is 2. The quantitative estimate of drug-likeness (QED) is 0.0453. The van der Waals surface area contributed by atoms with Crippen molar-refractivity contribution in [1.82, 2.24) is 10.6 Å². The molecule has 14 nitrogen and oxygen atoms in total. The van der Waals surface area contributed by atoms with Crippen LogP contribution in [0, 0.1) is 13.8 Å². The second-order valence-electron chi connectivity index (χ2n) is 15.6. The van der Waals surface area contributed by atoms with Crippen molar-refractivity contribution in [2.24, 2.45) is 4.99 Å². The number of anilines is 1. The largest absolute Gasteiger partial charge is 0.508 e. The average Bonchev–Trinajstić information content (AvgIpc) is 3.27. The number of aromatic carboxylic acids is 1. The van der Waals surface area contributed by atoms with Gasteiger partial charge in [-0.1, -0.05) is 35.3 Å².